The highest BCUT2D eigenvalue weighted by molar-refractivity contribution is 6.00. The predicted octanol–water partition coefficient (Wildman–Crippen LogP) is 2.99. The molecule has 1 saturated carbocycles. The Labute approximate surface area is 152 Å². The molecule has 1 aromatic carbocycles. The molecular formula is C20H18FN5. The average molecular weight is 347 g/mol. The topological polar surface area (TPSA) is 98.5 Å². The minimum atomic E-state index is -1.86. The van der Waals surface area contributed by atoms with Gasteiger partial charge in [0.2, 0.25) is 0 Å². The van der Waals surface area contributed by atoms with Gasteiger partial charge in [-0.2, -0.15) is 15.8 Å². The number of benzene rings is 1. The number of hydrogen-bond acceptors (Lipinski definition) is 5. The van der Waals surface area contributed by atoms with Crippen molar-refractivity contribution in [1.82, 2.24) is 4.90 Å². The molecule has 6 heteroatoms. The smallest absolute Gasteiger partial charge is 0.189 e. The van der Waals surface area contributed by atoms with Crippen molar-refractivity contribution in [2.45, 2.75) is 12.8 Å². The van der Waals surface area contributed by atoms with Gasteiger partial charge in [-0.15, -0.1) is 0 Å². The Kier molecular flexibility index (Phi) is 4.60. The molecule has 0 saturated heterocycles. The molecule has 130 valence electrons. The van der Waals surface area contributed by atoms with Gasteiger partial charge < -0.3 is 5.41 Å². The molecule has 1 unspecified atom stereocenters. The van der Waals surface area contributed by atoms with Crippen LogP contribution >= 0.6 is 0 Å². The Balaban J connectivity index is 2.28. The minimum Gasteiger partial charge on any atom is -0.305 e. The van der Waals surface area contributed by atoms with Gasteiger partial charge in [0.05, 0.1) is 23.9 Å². The summed E-state index contributed by atoms with van der Waals surface area (Å²) in [7, 11) is 0. The van der Waals surface area contributed by atoms with Crippen LogP contribution in [-0.2, 0) is 0 Å². The third kappa shape index (κ3) is 2.41. The molecule has 1 heterocycles. The van der Waals surface area contributed by atoms with Gasteiger partial charge in [0, 0.05) is 24.9 Å². The van der Waals surface area contributed by atoms with Crippen molar-refractivity contribution in [2.24, 2.45) is 17.3 Å². The second-order valence-electron chi connectivity index (χ2n) is 6.67. The third-order valence-electron chi connectivity index (χ3n) is 5.55. The highest BCUT2D eigenvalue weighted by Gasteiger charge is 2.58. The highest BCUT2D eigenvalue weighted by atomic mass is 19.1. The van der Waals surface area contributed by atoms with Gasteiger partial charge in [-0.1, -0.05) is 31.2 Å². The number of hydrogen-bond donors (Lipinski definition) is 1. The Morgan fingerprint density at radius 1 is 1.27 bits per heavy atom. The van der Waals surface area contributed by atoms with Crippen LogP contribution in [0, 0.1) is 62.5 Å². The van der Waals surface area contributed by atoms with Crippen LogP contribution in [0.5, 0.6) is 0 Å². The number of rotatable bonds is 2. The van der Waals surface area contributed by atoms with E-state index < -0.39 is 23.1 Å². The van der Waals surface area contributed by atoms with Crippen LogP contribution in [0.25, 0.3) is 0 Å². The molecule has 1 N–H and O–H groups in total. The largest absolute Gasteiger partial charge is 0.305 e. The lowest BCUT2D eigenvalue weighted by atomic mass is 9.54. The zero-order valence-corrected chi connectivity index (χ0v) is 14.4. The maximum atomic E-state index is 14.6. The molecule has 1 aromatic rings. The van der Waals surface area contributed by atoms with Gasteiger partial charge >= 0.3 is 0 Å². The molecule has 0 bridgehead atoms. The van der Waals surface area contributed by atoms with Crippen molar-refractivity contribution in [3.05, 3.63) is 47.3 Å². The van der Waals surface area contributed by atoms with Crippen molar-refractivity contribution in [1.29, 1.82) is 21.2 Å². The summed E-state index contributed by atoms with van der Waals surface area (Å²) in [6, 6.07) is 12.1. The van der Waals surface area contributed by atoms with Crippen LogP contribution in [0.1, 0.15) is 18.4 Å². The normalized spacial score (nSPS) is 27.4. The van der Waals surface area contributed by atoms with Crippen molar-refractivity contribution < 1.29 is 4.39 Å². The van der Waals surface area contributed by atoms with E-state index in [0.29, 0.717) is 13.1 Å². The molecule has 0 amide bonds. The van der Waals surface area contributed by atoms with E-state index in [9.17, 15) is 20.2 Å². The number of likely N-dealkylation sites (N-methyl/N-ethyl adjacent to an activating group) is 1. The first-order valence-corrected chi connectivity index (χ1v) is 8.51. The van der Waals surface area contributed by atoms with Crippen molar-refractivity contribution in [3.63, 3.8) is 0 Å². The van der Waals surface area contributed by atoms with Crippen LogP contribution in [0.4, 0.5) is 4.39 Å². The standard InChI is InChI=1S/C20H18FN5/c1-2-26-8-7-13-15(9-22)19(25)20(11-23,12-24)18(16(13)10-26)14-5-3-4-6-17(14)21/h3-7,15-16,18,25H,2,8,10H2,1H3/t15?,16-,18+/m1/s1. The number of nitrogens with zero attached hydrogens (tertiary/aromatic N) is 4. The van der Waals surface area contributed by atoms with Crippen LogP contribution < -0.4 is 0 Å². The average Bonchev–Trinajstić information content (AvgIpc) is 2.67. The summed E-state index contributed by atoms with van der Waals surface area (Å²) in [5, 5.41) is 37.9. The number of nitrogens with one attached hydrogen (secondary N) is 1. The molecule has 3 atom stereocenters. The lowest BCUT2D eigenvalue weighted by Gasteiger charge is -2.47. The van der Waals surface area contributed by atoms with E-state index in [2.05, 4.69) is 11.0 Å². The molecule has 1 fully saturated rings. The summed E-state index contributed by atoms with van der Waals surface area (Å²) in [5.74, 6) is -2.60. The number of fused-ring (bicyclic) bond motifs is 1. The molecule has 3 rings (SSSR count). The Hall–Kier alpha value is -3.01. The summed E-state index contributed by atoms with van der Waals surface area (Å²) < 4.78 is 14.6. The fourth-order valence-electron chi connectivity index (χ4n) is 4.20. The maximum absolute atomic E-state index is 14.6. The van der Waals surface area contributed by atoms with E-state index in [-0.39, 0.29) is 17.2 Å². The minimum absolute atomic E-state index is 0.245. The molecule has 26 heavy (non-hydrogen) atoms. The van der Waals surface area contributed by atoms with E-state index in [0.717, 1.165) is 12.1 Å². The molecule has 0 spiro atoms. The first kappa shape index (κ1) is 17.8. The fraction of sp³-hybridized carbons (Fsp3) is 0.400. The summed E-state index contributed by atoms with van der Waals surface area (Å²) >= 11 is 0. The summed E-state index contributed by atoms with van der Waals surface area (Å²) in [4.78, 5) is 2.13. The lowest BCUT2D eigenvalue weighted by Crippen LogP contribution is -2.53. The Morgan fingerprint density at radius 2 is 1.96 bits per heavy atom. The van der Waals surface area contributed by atoms with E-state index in [4.69, 9.17) is 5.41 Å². The highest BCUT2D eigenvalue weighted by Crippen LogP contribution is 2.53. The number of halogens is 1. The zero-order chi connectivity index (χ0) is 18.9. The third-order valence-corrected chi connectivity index (χ3v) is 5.55. The molecule has 0 aromatic heterocycles. The maximum Gasteiger partial charge on any atom is 0.189 e. The van der Waals surface area contributed by atoms with Gasteiger partial charge in [0.15, 0.2) is 5.41 Å². The summed E-state index contributed by atoms with van der Waals surface area (Å²) in [6.07, 6.45) is 1.91. The second-order valence-corrected chi connectivity index (χ2v) is 6.67. The SMILES string of the molecule is CCN1CC=C2C(C#N)C(=N)C(C#N)(C#N)[C@@H](c3ccccc3F)[C@@H]2C1. The molecule has 1 aliphatic carbocycles. The molecule has 1 aliphatic heterocycles. The van der Waals surface area contributed by atoms with Gasteiger partial charge in [-0.3, -0.25) is 4.90 Å². The Morgan fingerprint density at radius 3 is 2.54 bits per heavy atom. The van der Waals surface area contributed by atoms with Crippen molar-refractivity contribution in [2.75, 3.05) is 19.6 Å². The summed E-state index contributed by atoms with van der Waals surface area (Å²) in [6.45, 7) is 3.94. The molecular weight excluding hydrogens is 329 g/mol. The van der Waals surface area contributed by atoms with Gasteiger partial charge in [0.25, 0.3) is 0 Å². The monoisotopic (exact) mass is 347 g/mol. The van der Waals surface area contributed by atoms with Crippen LogP contribution in [0.2, 0.25) is 0 Å². The van der Waals surface area contributed by atoms with Crippen LogP contribution in [0.15, 0.2) is 35.9 Å². The van der Waals surface area contributed by atoms with Crippen LogP contribution in [0.3, 0.4) is 0 Å². The first-order valence-electron chi connectivity index (χ1n) is 8.51. The van der Waals surface area contributed by atoms with E-state index in [1.165, 1.54) is 6.07 Å². The lowest BCUT2D eigenvalue weighted by molar-refractivity contribution is 0.209. The quantitative estimate of drug-likeness (QED) is 0.831. The first-order chi connectivity index (χ1) is 12.5. The van der Waals surface area contributed by atoms with E-state index in [1.807, 2.05) is 25.1 Å². The van der Waals surface area contributed by atoms with E-state index >= 15 is 0 Å². The van der Waals surface area contributed by atoms with Gasteiger partial charge in [0.1, 0.15) is 11.7 Å². The second kappa shape index (κ2) is 6.71. The van der Waals surface area contributed by atoms with Gasteiger partial charge in [-0.25, -0.2) is 4.39 Å². The van der Waals surface area contributed by atoms with Crippen LogP contribution in [-0.4, -0.2) is 30.2 Å². The van der Waals surface area contributed by atoms with Crippen molar-refractivity contribution >= 4 is 5.71 Å². The van der Waals surface area contributed by atoms with Crippen molar-refractivity contribution in [3.8, 4) is 18.2 Å². The molecule has 5 nitrogen and oxygen atoms in total. The molecule has 0 radical (unpaired) electrons. The number of nitriles is 3. The Bertz CT molecular complexity index is 884. The predicted molar refractivity (Wildman–Crippen MR) is 93.3 cm³/mol. The zero-order valence-electron chi connectivity index (χ0n) is 14.4. The fourth-order valence-corrected chi connectivity index (χ4v) is 4.20. The van der Waals surface area contributed by atoms with E-state index in [1.54, 1.807) is 18.2 Å². The van der Waals surface area contributed by atoms with Gasteiger partial charge in [-0.05, 0) is 23.7 Å². The summed E-state index contributed by atoms with van der Waals surface area (Å²) in [5.41, 5.74) is -1.12. The molecule has 2 aliphatic rings.